The van der Waals surface area contributed by atoms with Crippen LogP contribution in [-0.2, 0) is 0 Å². The van der Waals surface area contributed by atoms with Crippen molar-refractivity contribution in [3.05, 3.63) is 76.0 Å². The largest absolute Gasteiger partial charge is 0.346 e. The van der Waals surface area contributed by atoms with Crippen molar-refractivity contribution in [3.8, 4) is 0 Å². The highest BCUT2D eigenvalue weighted by Gasteiger charge is 2.34. The fourth-order valence-corrected chi connectivity index (χ4v) is 5.37. The first-order valence-corrected chi connectivity index (χ1v) is 12.1. The maximum Gasteiger partial charge on any atom is 0.187 e. The first-order valence-electron chi connectivity index (χ1n) is 9.81. The molecule has 0 spiro atoms. The van der Waals surface area contributed by atoms with Gasteiger partial charge in [-0.1, -0.05) is 53.3 Å². The van der Waals surface area contributed by atoms with E-state index in [4.69, 9.17) is 39.9 Å². The number of nitrogens with zero attached hydrogens (tertiary/aromatic N) is 4. The van der Waals surface area contributed by atoms with Crippen LogP contribution in [0.4, 0.5) is 15.2 Å². The zero-order valence-electron chi connectivity index (χ0n) is 16.5. The van der Waals surface area contributed by atoms with Gasteiger partial charge in [-0.05, 0) is 29.8 Å². The molecule has 162 valence electrons. The van der Waals surface area contributed by atoms with Crippen molar-refractivity contribution in [3.63, 3.8) is 0 Å². The molecule has 1 aromatic heterocycles. The molecular formula is C22H20Cl3FN4S. The third kappa shape index (κ3) is 4.98. The lowest BCUT2D eigenvalue weighted by molar-refractivity contribution is 0.627. The molecule has 1 aliphatic heterocycles. The highest BCUT2D eigenvalue weighted by atomic mass is 35.5. The van der Waals surface area contributed by atoms with Gasteiger partial charge >= 0.3 is 0 Å². The van der Waals surface area contributed by atoms with E-state index in [1.165, 1.54) is 23.5 Å². The molecule has 9 heteroatoms. The fourth-order valence-electron chi connectivity index (χ4n) is 3.50. The number of benzene rings is 2. The first kappa shape index (κ1) is 22.3. The molecule has 0 amide bonds. The summed E-state index contributed by atoms with van der Waals surface area (Å²) in [7, 11) is 0. The van der Waals surface area contributed by atoms with Crippen molar-refractivity contribution < 1.29 is 4.39 Å². The molecule has 0 aliphatic carbocycles. The summed E-state index contributed by atoms with van der Waals surface area (Å²) in [4.78, 5) is 7.57. The van der Waals surface area contributed by atoms with E-state index in [1.807, 2.05) is 40.2 Å². The number of aromatic nitrogens is 1. The Morgan fingerprint density at radius 2 is 1.71 bits per heavy atom. The SMILES string of the molecule is Fc1ccc(C2=NN(c3ccccc3)C(c3sc(N(CCCl)CCCl)nc3Cl)C2)cc1. The van der Waals surface area contributed by atoms with E-state index in [1.54, 1.807) is 12.1 Å². The van der Waals surface area contributed by atoms with E-state index in [-0.39, 0.29) is 11.9 Å². The van der Waals surface area contributed by atoms with Gasteiger partial charge in [0, 0.05) is 31.3 Å². The molecule has 2 heterocycles. The molecule has 0 saturated heterocycles. The number of rotatable bonds is 8. The summed E-state index contributed by atoms with van der Waals surface area (Å²) in [6.07, 6.45) is 0.632. The molecule has 1 aliphatic rings. The molecule has 2 aromatic carbocycles. The second-order valence-electron chi connectivity index (χ2n) is 6.97. The Morgan fingerprint density at radius 1 is 1.03 bits per heavy atom. The topological polar surface area (TPSA) is 31.7 Å². The number of alkyl halides is 2. The van der Waals surface area contributed by atoms with Gasteiger partial charge in [0.15, 0.2) is 5.13 Å². The van der Waals surface area contributed by atoms with Gasteiger partial charge < -0.3 is 4.90 Å². The third-order valence-electron chi connectivity index (χ3n) is 4.99. The Balaban J connectivity index is 1.70. The molecule has 0 bridgehead atoms. The van der Waals surface area contributed by atoms with E-state index < -0.39 is 0 Å². The van der Waals surface area contributed by atoms with E-state index in [0.717, 1.165) is 27.0 Å². The Morgan fingerprint density at radius 3 is 2.35 bits per heavy atom. The van der Waals surface area contributed by atoms with Crippen LogP contribution >= 0.6 is 46.1 Å². The number of hydrogen-bond donors (Lipinski definition) is 0. The van der Waals surface area contributed by atoms with Gasteiger partial charge in [0.05, 0.1) is 22.3 Å². The maximum absolute atomic E-state index is 13.4. The van der Waals surface area contributed by atoms with Gasteiger partial charge in [-0.2, -0.15) is 5.10 Å². The lowest BCUT2D eigenvalue weighted by Crippen LogP contribution is -2.27. The van der Waals surface area contributed by atoms with Gasteiger partial charge in [0.2, 0.25) is 0 Å². The number of hydrogen-bond acceptors (Lipinski definition) is 5. The van der Waals surface area contributed by atoms with Crippen LogP contribution in [-0.4, -0.2) is 35.5 Å². The average Bonchev–Trinajstić information content (AvgIpc) is 3.38. The summed E-state index contributed by atoms with van der Waals surface area (Å²) in [5.41, 5.74) is 2.71. The molecular weight excluding hydrogens is 478 g/mol. The summed E-state index contributed by atoms with van der Waals surface area (Å²) >= 11 is 20.1. The Hall–Kier alpha value is -1.86. The molecule has 1 unspecified atom stereocenters. The number of thiazole rings is 1. The van der Waals surface area contributed by atoms with Gasteiger partial charge in [0.25, 0.3) is 0 Å². The minimum atomic E-state index is -0.271. The quantitative estimate of drug-likeness (QED) is 0.330. The van der Waals surface area contributed by atoms with Crippen LogP contribution in [0.3, 0.4) is 0 Å². The Labute approximate surface area is 199 Å². The number of halogens is 4. The van der Waals surface area contributed by atoms with Crippen molar-refractivity contribution in [1.82, 2.24) is 4.98 Å². The maximum atomic E-state index is 13.4. The molecule has 0 radical (unpaired) electrons. The van der Waals surface area contributed by atoms with Gasteiger partial charge in [-0.25, -0.2) is 9.37 Å². The Kier molecular flexibility index (Phi) is 7.33. The van der Waals surface area contributed by atoms with Crippen molar-refractivity contribution in [2.45, 2.75) is 12.5 Å². The van der Waals surface area contributed by atoms with Crippen LogP contribution in [0, 0.1) is 5.82 Å². The number of para-hydroxylation sites is 1. The Bertz CT molecular complexity index is 1040. The van der Waals surface area contributed by atoms with Crippen LogP contribution < -0.4 is 9.91 Å². The normalized spacial score (nSPS) is 15.9. The summed E-state index contributed by atoms with van der Waals surface area (Å²) < 4.78 is 13.4. The van der Waals surface area contributed by atoms with Gasteiger partial charge in [-0.15, -0.1) is 23.2 Å². The molecule has 4 nitrogen and oxygen atoms in total. The summed E-state index contributed by atoms with van der Waals surface area (Å²) in [5, 5.41) is 8.09. The predicted molar refractivity (Wildman–Crippen MR) is 130 cm³/mol. The molecule has 31 heavy (non-hydrogen) atoms. The van der Waals surface area contributed by atoms with Crippen molar-refractivity contribution in [2.24, 2.45) is 5.10 Å². The van der Waals surface area contributed by atoms with Crippen LogP contribution in [0.1, 0.15) is 22.9 Å². The summed E-state index contributed by atoms with van der Waals surface area (Å²) in [6, 6.07) is 16.2. The minimum Gasteiger partial charge on any atom is -0.346 e. The molecule has 3 aromatic rings. The molecule has 0 N–H and O–H groups in total. The standard InChI is InChI=1S/C22H20Cl3FN4S/c23-10-12-29(13-11-24)22-27-21(25)20(31-22)19-14-18(15-6-8-16(26)9-7-15)28-30(19)17-4-2-1-3-5-17/h1-9,19H,10-14H2. The first-order chi connectivity index (χ1) is 15.1. The lowest BCUT2D eigenvalue weighted by atomic mass is 10.0. The summed E-state index contributed by atoms with van der Waals surface area (Å²) in [6.45, 7) is 1.28. The second-order valence-corrected chi connectivity index (χ2v) is 9.09. The van der Waals surface area contributed by atoms with E-state index in [0.29, 0.717) is 36.4 Å². The second kappa shape index (κ2) is 10.2. The van der Waals surface area contributed by atoms with E-state index in [9.17, 15) is 4.39 Å². The smallest absolute Gasteiger partial charge is 0.187 e. The molecule has 4 rings (SSSR count). The molecule has 0 fully saturated rings. The molecule has 0 saturated carbocycles. The lowest BCUT2D eigenvalue weighted by Gasteiger charge is -2.23. The van der Waals surface area contributed by atoms with Gasteiger partial charge in [-0.3, -0.25) is 5.01 Å². The van der Waals surface area contributed by atoms with Crippen molar-refractivity contribution >= 4 is 62.7 Å². The summed E-state index contributed by atoms with van der Waals surface area (Å²) in [5.74, 6) is 0.675. The zero-order chi connectivity index (χ0) is 21.8. The predicted octanol–water partition coefficient (Wildman–Crippen LogP) is 6.58. The van der Waals surface area contributed by atoms with Crippen LogP contribution in [0.25, 0.3) is 0 Å². The van der Waals surface area contributed by atoms with Crippen molar-refractivity contribution in [2.75, 3.05) is 34.8 Å². The van der Waals surface area contributed by atoms with Crippen molar-refractivity contribution in [1.29, 1.82) is 0 Å². The number of hydrazone groups is 1. The van der Waals surface area contributed by atoms with Crippen LogP contribution in [0.2, 0.25) is 5.15 Å². The van der Waals surface area contributed by atoms with Gasteiger partial charge in [0.1, 0.15) is 11.0 Å². The highest BCUT2D eigenvalue weighted by molar-refractivity contribution is 7.16. The zero-order valence-corrected chi connectivity index (χ0v) is 19.6. The monoisotopic (exact) mass is 496 g/mol. The minimum absolute atomic E-state index is 0.116. The fraction of sp³-hybridized carbons (Fsp3) is 0.273. The number of anilines is 2. The third-order valence-corrected chi connectivity index (χ3v) is 6.94. The van der Waals surface area contributed by atoms with Crippen LogP contribution in [0.15, 0.2) is 59.7 Å². The van der Waals surface area contributed by atoms with E-state index >= 15 is 0 Å². The van der Waals surface area contributed by atoms with Crippen LogP contribution in [0.5, 0.6) is 0 Å². The highest BCUT2D eigenvalue weighted by Crippen LogP contribution is 2.43. The molecule has 1 atom stereocenters. The van der Waals surface area contributed by atoms with E-state index in [2.05, 4.69) is 4.98 Å². The average molecular weight is 498 g/mol.